The normalized spacial score (nSPS) is 14.5. The van der Waals surface area contributed by atoms with Crippen LogP contribution in [0.4, 0.5) is 0 Å². The van der Waals surface area contributed by atoms with Crippen LogP contribution in [0.2, 0.25) is 0 Å². The van der Waals surface area contributed by atoms with Gasteiger partial charge >= 0.3 is 0 Å². The van der Waals surface area contributed by atoms with Crippen molar-refractivity contribution >= 4 is 33.0 Å². The molecule has 1 atom stereocenters. The van der Waals surface area contributed by atoms with E-state index >= 15 is 0 Å². The molecule has 0 saturated carbocycles. The lowest BCUT2D eigenvalue weighted by atomic mass is 10.4. The summed E-state index contributed by atoms with van der Waals surface area (Å²) in [6, 6.07) is -0.223. The molecule has 0 fully saturated rings. The Hall–Kier alpha value is -0.170. The highest BCUT2D eigenvalue weighted by atomic mass is 35.5. The van der Waals surface area contributed by atoms with Crippen molar-refractivity contribution in [2.24, 2.45) is 0 Å². The molecular weight excluding hydrogens is 256 g/mol. The minimum atomic E-state index is -3.42. The van der Waals surface area contributed by atoms with Gasteiger partial charge in [0.05, 0.1) is 11.2 Å². The van der Waals surface area contributed by atoms with Crippen LogP contribution in [0.1, 0.15) is 11.9 Å². The smallest absolute Gasteiger partial charge is 0.249 e. The summed E-state index contributed by atoms with van der Waals surface area (Å²) in [6.07, 6.45) is 1.38. The van der Waals surface area contributed by atoms with Crippen molar-refractivity contribution in [3.63, 3.8) is 0 Å². The minimum absolute atomic E-state index is 0.223. The average molecular weight is 269 g/mol. The molecule has 0 aliphatic carbocycles. The molecular formula is C8H13ClN2O2S2. The van der Waals surface area contributed by atoms with Crippen molar-refractivity contribution in [2.45, 2.75) is 24.1 Å². The van der Waals surface area contributed by atoms with E-state index in [1.54, 1.807) is 13.8 Å². The fraction of sp³-hybridized carbons (Fsp3) is 0.625. The lowest BCUT2D eigenvalue weighted by molar-refractivity contribution is 0.414. The van der Waals surface area contributed by atoms with Gasteiger partial charge in [-0.05, 0) is 13.8 Å². The van der Waals surface area contributed by atoms with Gasteiger partial charge in [-0.3, -0.25) is 0 Å². The number of hydrogen-bond donors (Lipinski definition) is 0. The zero-order valence-electron chi connectivity index (χ0n) is 8.77. The molecule has 1 aromatic heterocycles. The van der Waals surface area contributed by atoms with Crippen molar-refractivity contribution < 1.29 is 8.42 Å². The van der Waals surface area contributed by atoms with Gasteiger partial charge in [-0.25, -0.2) is 13.4 Å². The minimum Gasteiger partial charge on any atom is -0.249 e. The Morgan fingerprint density at radius 3 is 2.67 bits per heavy atom. The van der Waals surface area contributed by atoms with Gasteiger partial charge < -0.3 is 0 Å². The van der Waals surface area contributed by atoms with E-state index in [1.807, 2.05) is 0 Å². The summed E-state index contributed by atoms with van der Waals surface area (Å²) in [7, 11) is -1.90. The number of alkyl halides is 1. The maximum absolute atomic E-state index is 12.0. The summed E-state index contributed by atoms with van der Waals surface area (Å²) in [6.45, 7) is 3.53. The van der Waals surface area contributed by atoms with Crippen LogP contribution in [-0.4, -0.2) is 36.7 Å². The number of sulfonamides is 1. The molecule has 0 saturated heterocycles. The third-order valence-corrected chi connectivity index (χ3v) is 5.85. The summed E-state index contributed by atoms with van der Waals surface area (Å²) < 4.78 is 25.5. The first-order valence-electron chi connectivity index (χ1n) is 4.36. The second-order valence-corrected chi connectivity index (χ2v) is 6.99. The second kappa shape index (κ2) is 4.78. The Labute approximate surface area is 98.9 Å². The molecule has 15 heavy (non-hydrogen) atoms. The van der Waals surface area contributed by atoms with Crippen molar-refractivity contribution in [1.82, 2.24) is 9.29 Å². The zero-order chi connectivity index (χ0) is 11.6. The Bertz CT molecular complexity index is 430. The number of rotatable bonds is 4. The van der Waals surface area contributed by atoms with E-state index in [0.29, 0.717) is 0 Å². The summed E-state index contributed by atoms with van der Waals surface area (Å²) >= 11 is 6.79. The Kier molecular flexibility index (Phi) is 4.11. The van der Waals surface area contributed by atoms with Crippen LogP contribution >= 0.6 is 22.9 Å². The van der Waals surface area contributed by atoms with Crippen LogP contribution in [0.25, 0.3) is 0 Å². The van der Waals surface area contributed by atoms with Crippen LogP contribution in [0.5, 0.6) is 0 Å². The van der Waals surface area contributed by atoms with Gasteiger partial charge in [-0.2, -0.15) is 4.31 Å². The molecule has 0 bridgehead atoms. The highest BCUT2D eigenvalue weighted by Crippen LogP contribution is 2.22. The van der Waals surface area contributed by atoms with E-state index in [2.05, 4.69) is 4.98 Å². The largest absolute Gasteiger partial charge is 0.254 e. The first-order chi connectivity index (χ1) is 6.89. The summed E-state index contributed by atoms with van der Waals surface area (Å²) in [4.78, 5) is 3.93. The number of thiazole rings is 1. The quantitative estimate of drug-likeness (QED) is 0.781. The van der Waals surface area contributed by atoms with Crippen molar-refractivity contribution in [3.8, 4) is 0 Å². The van der Waals surface area contributed by atoms with Gasteiger partial charge in [-0.1, -0.05) is 0 Å². The van der Waals surface area contributed by atoms with Crippen LogP contribution < -0.4 is 0 Å². The molecule has 7 heteroatoms. The third kappa shape index (κ3) is 2.69. The first-order valence-corrected chi connectivity index (χ1v) is 7.15. The van der Waals surface area contributed by atoms with E-state index < -0.39 is 10.0 Å². The lowest BCUT2D eigenvalue weighted by Crippen LogP contribution is -2.35. The van der Waals surface area contributed by atoms with Crippen LogP contribution in [0, 0.1) is 6.92 Å². The maximum Gasteiger partial charge on any atom is 0.254 e. The molecule has 1 aromatic rings. The van der Waals surface area contributed by atoms with Gasteiger partial charge in [0.15, 0.2) is 4.21 Å². The van der Waals surface area contributed by atoms with Crippen molar-refractivity contribution in [3.05, 3.63) is 11.2 Å². The maximum atomic E-state index is 12.0. The van der Waals surface area contributed by atoms with Gasteiger partial charge in [0.1, 0.15) is 0 Å². The van der Waals surface area contributed by atoms with E-state index in [-0.39, 0.29) is 16.1 Å². The van der Waals surface area contributed by atoms with E-state index in [0.717, 1.165) is 5.01 Å². The Balaban J connectivity index is 3.03. The second-order valence-electron chi connectivity index (χ2n) is 3.22. The fourth-order valence-corrected chi connectivity index (χ4v) is 3.88. The predicted octanol–water partition coefficient (Wildman–Crippen LogP) is 1.70. The highest BCUT2D eigenvalue weighted by Gasteiger charge is 2.26. The summed E-state index contributed by atoms with van der Waals surface area (Å²) in [5.41, 5.74) is 0. The molecule has 1 unspecified atom stereocenters. The highest BCUT2D eigenvalue weighted by molar-refractivity contribution is 7.91. The molecule has 0 N–H and O–H groups in total. The number of nitrogens with zero attached hydrogens (tertiary/aromatic N) is 2. The molecule has 0 aromatic carbocycles. The first kappa shape index (κ1) is 12.9. The SMILES string of the molecule is Cc1ncc(S(=O)(=O)N(C)C(C)CCl)s1. The number of aryl methyl sites for hydroxylation is 1. The van der Waals surface area contributed by atoms with Crippen LogP contribution in [0.15, 0.2) is 10.4 Å². The molecule has 0 aliphatic rings. The van der Waals surface area contributed by atoms with Crippen LogP contribution in [-0.2, 0) is 10.0 Å². The summed E-state index contributed by atoms with van der Waals surface area (Å²) in [5, 5.41) is 0.737. The standard InChI is InChI=1S/C8H13ClN2O2S2/c1-6(4-9)11(3)15(12,13)8-5-10-7(2)14-8/h5-6H,4H2,1-3H3. The topological polar surface area (TPSA) is 50.3 Å². The van der Waals surface area contributed by atoms with Gasteiger partial charge in [0.25, 0.3) is 10.0 Å². The Morgan fingerprint density at radius 1 is 1.67 bits per heavy atom. The molecule has 0 radical (unpaired) electrons. The van der Waals surface area contributed by atoms with Crippen LogP contribution in [0.3, 0.4) is 0 Å². The average Bonchev–Trinajstić information content (AvgIpc) is 2.63. The molecule has 86 valence electrons. The van der Waals surface area contributed by atoms with Crippen molar-refractivity contribution in [1.29, 1.82) is 0 Å². The number of hydrogen-bond acceptors (Lipinski definition) is 4. The number of halogens is 1. The van der Waals surface area contributed by atoms with Crippen molar-refractivity contribution in [2.75, 3.05) is 12.9 Å². The fourth-order valence-electron chi connectivity index (χ4n) is 0.937. The monoisotopic (exact) mass is 268 g/mol. The molecule has 0 amide bonds. The molecule has 0 aliphatic heterocycles. The predicted molar refractivity (Wildman–Crippen MR) is 62.0 cm³/mol. The number of aromatic nitrogens is 1. The molecule has 0 spiro atoms. The van der Waals surface area contributed by atoms with E-state index in [9.17, 15) is 8.42 Å². The molecule has 1 rings (SSSR count). The van der Waals surface area contributed by atoms with Gasteiger partial charge in [0.2, 0.25) is 0 Å². The molecule has 4 nitrogen and oxygen atoms in total. The summed E-state index contributed by atoms with van der Waals surface area (Å²) in [5.74, 6) is 0.271. The lowest BCUT2D eigenvalue weighted by Gasteiger charge is -2.21. The van der Waals surface area contributed by atoms with Gasteiger partial charge in [0, 0.05) is 19.0 Å². The molecule has 1 heterocycles. The Morgan fingerprint density at radius 2 is 2.27 bits per heavy atom. The van der Waals surface area contributed by atoms with Gasteiger partial charge in [-0.15, -0.1) is 22.9 Å². The van der Waals surface area contributed by atoms with E-state index in [4.69, 9.17) is 11.6 Å². The third-order valence-electron chi connectivity index (χ3n) is 2.08. The van der Waals surface area contributed by atoms with E-state index in [1.165, 1.54) is 28.9 Å². The zero-order valence-corrected chi connectivity index (χ0v) is 11.2.